The minimum absolute atomic E-state index is 0.329. The topological polar surface area (TPSA) is 46.2 Å². The van der Waals surface area contributed by atoms with Gasteiger partial charge >= 0.3 is 0 Å². The molecule has 3 heteroatoms. The average molecular weight is 181 g/mol. The number of aliphatic hydroxyl groups excluding tert-OH is 1. The Hall–Kier alpha value is -0.930. The fourth-order valence-electron chi connectivity index (χ4n) is 1.83. The van der Waals surface area contributed by atoms with E-state index < -0.39 is 6.10 Å². The molecule has 1 aromatic rings. The summed E-state index contributed by atoms with van der Waals surface area (Å²) < 4.78 is 13.3. The third-order valence-electron chi connectivity index (χ3n) is 2.59. The molecule has 1 aliphatic carbocycles. The summed E-state index contributed by atoms with van der Waals surface area (Å²) in [4.78, 5) is 0. The molecule has 0 saturated heterocycles. The zero-order valence-corrected chi connectivity index (χ0v) is 7.20. The van der Waals surface area contributed by atoms with Crippen molar-refractivity contribution in [2.24, 2.45) is 5.73 Å². The zero-order chi connectivity index (χ0) is 9.42. The van der Waals surface area contributed by atoms with Crippen LogP contribution in [0.25, 0.3) is 0 Å². The summed E-state index contributed by atoms with van der Waals surface area (Å²) >= 11 is 0. The first-order chi connectivity index (χ1) is 6.20. The second kappa shape index (κ2) is 3.09. The summed E-state index contributed by atoms with van der Waals surface area (Å²) in [7, 11) is 0. The Balaban J connectivity index is 2.51. The van der Waals surface area contributed by atoms with Crippen molar-refractivity contribution in [3.05, 3.63) is 35.1 Å². The summed E-state index contributed by atoms with van der Waals surface area (Å²) in [6, 6.07) is 4.54. The van der Waals surface area contributed by atoms with Gasteiger partial charge in [0.05, 0.1) is 6.10 Å². The molecule has 2 nitrogen and oxygen atoms in total. The molecule has 70 valence electrons. The first-order valence-electron chi connectivity index (χ1n) is 4.41. The van der Waals surface area contributed by atoms with Crippen molar-refractivity contribution in [1.82, 2.24) is 0 Å². The third kappa shape index (κ3) is 1.34. The highest BCUT2D eigenvalue weighted by molar-refractivity contribution is 5.33. The Bertz CT molecular complexity index is 327. The molecule has 0 aliphatic heterocycles. The van der Waals surface area contributed by atoms with E-state index in [4.69, 9.17) is 5.73 Å². The van der Waals surface area contributed by atoms with Crippen LogP contribution < -0.4 is 5.73 Å². The van der Waals surface area contributed by atoms with Crippen molar-refractivity contribution in [2.45, 2.75) is 25.0 Å². The van der Waals surface area contributed by atoms with Crippen molar-refractivity contribution in [3.63, 3.8) is 0 Å². The van der Waals surface area contributed by atoms with Gasteiger partial charge in [0.25, 0.3) is 0 Å². The van der Waals surface area contributed by atoms with Gasteiger partial charge in [-0.05, 0) is 24.5 Å². The van der Waals surface area contributed by atoms with E-state index in [0.29, 0.717) is 5.56 Å². The van der Waals surface area contributed by atoms with E-state index >= 15 is 0 Å². The van der Waals surface area contributed by atoms with E-state index in [-0.39, 0.29) is 11.9 Å². The van der Waals surface area contributed by atoms with E-state index in [1.165, 1.54) is 6.07 Å². The molecular weight excluding hydrogens is 169 g/mol. The van der Waals surface area contributed by atoms with Gasteiger partial charge in [-0.25, -0.2) is 4.39 Å². The molecule has 1 aromatic carbocycles. The largest absolute Gasteiger partial charge is 0.387 e. The minimum atomic E-state index is -0.843. The van der Waals surface area contributed by atoms with Crippen molar-refractivity contribution >= 4 is 0 Å². The van der Waals surface area contributed by atoms with Crippen molar-refractivity contribution < 1.29 is 9.50 Å². The van der Waals surface area contributed by atoms with Gasteiger partial charge in [0.15, 0.2) is 0 Å². The highest BCUT2D eigenvalue weighted by Crippen LogP contribution is 2.30. The molecule has 0 unspecified atom stereocenters. The molecule has 0 heterocycles. The van der Waals surface area contributed by atoms with Gasteiger partial charge in [-0.2, -0.15) is 0 Å². The van der Waals surface area contributed by atoms with Crippen LogP contribution in [0.4, 0.5) is 4.39 Å². The molecule has 3 N–H and O–H groups in total. The Morgan fingerprint density at radius 3 is 3.00 bits per heavy atom. The zero-order valence-electron chi connectivity index (χ0n) is 7.20. The molecule has 13 heavy (non-hydrogen) atoms. The van der Waals surface area contributed by atoms with Gasteiger partial charge in [-0.3, -0.25) is 0 Å². The van der Waals surface area contributed by atoms with E-state index in [2.05, 4.69) is 0 Å². The lowest BCUT2D eigenvalue weighted by molar-refractivity contribution is 0.129. The molecule has 0 saturated carbocycles. The predicted octanol–water partition coefficient (Wildman–Crippen LogP) is 1.13. The number of nitrogens with two attached hydrogens (primary N) is 1. The normalized spacial score (nSPS) is 27.0. The number of hydrogen-bond acceptors (Lipinski definition) is 2. The number of hydrogen-bond donors (Lipinski definition) is 2. The molecule has 0 aromatic heterocycles. The lowest BCUT2D eigenvalue weighted by Crippen LogP contribution is -2.33. The van der Waals surface area contributed by atoms with Crippen LogP contribution in [-0.4, -0.2) is 11.1 Å². The van der Waals surface area contributed by atoms with Gasteiger partial charge < -0.3 is 10.8 Å². The van der Waals surface area contributed by atoms with E-state index in [9.17, 15) is 9.50 Å². The van der Waals surface area contributed by atoms with E-state index in [0.717, 1.165) is 18.4 Å². The first kappa shape index (κ1) is 8.66. The fraction of sp³-hybridized carbons (Fsp3) is 0.400. The summed E-state index contributed by atoms with van der Waals surface area (Å²) in [6.45, 7) is 0. The molecule has 2 atom stereocenters. The molecule has 2 rings (SSSR count). The number of aliphatic hydroxyl groups is 1. The number of aryl methyl sites for hydroxylation is 1. The number of fused-ring (bicyclic) bond motifs is 1. The van der Waals surface area contributed by atoms with Gasteiger partial charge in [-0.15, -0.1) is 0 Å². The summed E-state index contributed by atoms with van der Waals surface area (Å²) in [6.07, 6.45) is 0.632. The SMILES string of the molecule is N[C@@H]1CCc2cccc(F)c2[C@@H]1O. The highest BCUT2D eigenvalue weighted by Gasteiger charge is 2.27. The predicted molar refractivity (Wildman–Crippen MR) is 47.7 cm³/mol. The van der Waals surface area contributed by atoms with Crippen LogP contribution in [-0.2, 0) is 6.42 Å². The smallest absolute Gasteiger partial charge is 0.129 e. The number of rotatable bonds is 0. The van der Waals surface area contributed by atoms with Crippen LogP contribution >= 0.6 is 0 Å². The first-order valence-corrected chi connectivity index (χ1v) is 4.41. The van der Waals surface area contributed by atoms with Crippen LogP contribution in [0.2, 0.25) is 0 Å². The summed E-state index contributed by atoms with van der Waals surface area (Å²) in [5.74, 6) is -0.347. The van der Waals surface area contributed by atoms with E-state index in [1.807, 2.05) is 6.07 Å². The van der Waals surface area contributed by atoms with Crippen LogP contribution in [0.3, 0.4) is 0 Å². The quantitative estimate of drug-likeness (QED) is 0.630. The Kier molecular flexibility index (Phi) is 2.06. The number of benzene rings is 1. The van der Waals surface area contributed by atoms with Crippen molar-refractivity contribution in [2.75, 3.05) is 0 Å². The van der Waals surface area contributed by atoms with Crippen LogP contribution in [0.15, 0.2) is 18.2 Å². The van der Waals surface area contributed by atoms with Crippen LogP contribution in [0, 0.1) is 5.82 Å². The van der Waals surface area contributed by atoms with Crippen LogP contribution in [0.1, 0.15) is 23.7 Å². The Morgan fingerprint density at radius 2 is 2.23 bits per heavy atom. The summed E-state index contributed by atoms with van der Waals surface area (Å²) in [5.41, 5.74) is 6.92. The molecular formula is C10H12FNO. The van der Waals surface area contributed by atoms with Crippen LogP contribution in [0.5, 0.6) is 0 Å². The molecule has 0 spiro atoms. The van der Waals surface area contributed by atoms with Gasteiger partial charge in [-0.1, -0.05) is 12.1 Å². The standard InChI is InChI=1S/C10H12FNO/c11-7-3-1-2-6-4-5-8(12)10(13)9(6)7/h1-3,8,10,13H,4-5,12H2/t8-,10-/m1/s1. The minimum Gasteiger partial charge on any atom is -0.387 e. The second-order valence-electron chi connectivity index (χ2n) is 3.46. The van der Waals surface area contributed by atoms with Gasteiger partial charge in [0, 0.05) is 11.6 Å². The van der Waals surface area contributed by atoms with Crippen molar-refractivity contribution in [1.29, 1.82) is 0 Å². The maximum atomic E-state index is 13.3. The average Bonchev–Trinajstić information content (AvgIpc) is 2.12. The monoisotopic (exact) mass is 181 g/mol. The van der Waals surface area contributed by atoms with Gasteiger partial charge in [0.1, 0.15) is 5.82 Å². The maximum Gasteiger partial charge on any atom is 0.129 e. The van der Waals surface area contributed by atoms with E-state index in [1.54, 1.807) is 6.07 Å². The highest BCUT2D eigenvalue weighted by atomic mass is 19.1. The fourth-order valence-corrected chi connectivity index (χ4v) is 1.83. The molecule has 0 amide bonds. The Morgan fingerprint density at radius 1 is 1.46 bits per heavy atom. The van der Waals surface area contributed by atoms with Crippen molar-refractivity contribution in [3.8, 4) is 0 Å². The molecule has 0 bridgehead atoms. The Labute approximate surface area is 76.2 Å². The molecule has 1 aliphatic rings. The third-order valence-corrected chi connectivity index (χ3v) is 2.59. The molecule has 0 fully saturated rings. The summed E-state index contributed by atoms with van der Waals surface area (Å²) in [5, 5.41) is 9.65. The lowest BCUT2D eigenvalue weighted by Gasteiger charge is -2.27. The van der Waals surface area contributed by atoms with Gasteiger partial charge in [0.2, 0.25) is 0 Å². The number of halogens is 1. The molecule has 0 radical (unpaired) electrons. The lowest BCUT2D eigenvalue weighted by atomic mass is 9.86. The second-order valence-corrected chi connectivity index (χ2v) is 3.46. The maximum absolute atomic E-state index is 13.3.